The van der Waals surface area contributed by atoms with Crippen molar-refractivity contribution in [3.63, 3.8) is 0 Å². The Morgan fingerprint density at radius 2 is 2.22 bits per heavy atom. The molecule has 0 saturated carbocycles. The van der Waals surface area contributed by atoms with Gasteiger partial charge in [0.25, 0.3) is 0 Å². The first-order valence-corrected chi connectivity index (χ1v) is 7.45. The van der Waals surface area contributed by atoms with Crippen LogP contribution in [0.15, 0.2) is 16.7 Å². The molecular formula is C14H18N2OS. The smallest absolute Gasteiger partial charge is 0.194 e. The van der Waals surface area contributed by atoms with Gasteiger partial charge in [0.2, 0.25) is 0 Å². The SMILES string of the molecule is NCCCc1ncc(-c2cc3c(s2)CCCC3)o1. The lowest BCUT2D eigenvalue weighted by molar-refractivity contribution is 0.500. The number of aromatic nitrogens is 1. The normalized spacial score (nSPS) is 14.7. The van der Waals surface area contributed by atoms with Crippen LogP contribution in [-0.2, 0) is 19.3 Å². The lowest BCUT2D eigenvalue weighted by Crippen LogP contribution is -2.00. The summed E-state index contributed by atoms with van der Waals surface area (Å²) < 4.78 is 5.79. The highest BCUT2D eigenvalue weighted by Gasteiger charge is 2.16. The fourth-order valence-electron chi connectivity index (χ4n) is 2.41. The van der Waals surface area contributed by atoms with Gasteiger partial charge in [-0.1, -0.05) is 0 Å². The molecular weight excluding hydrogens is 244 g/mol. The van der Waals surface area contributed by atoms with Gasteiger partial charge in [0, 0.05) is 11.3 Å². The van der Waals surface area contributed by atoms with Crippen molar-refractivity contribution in [1.29, 1.82) is 0 Å². The molecule has 2 N–H and O–H groups in total. The molecule has 3 nitrogen and oxygen atoms in total. The van der Waals surface area contributed by atoms with Crippen molar-refractivity contribution in [2.24, 2.45) is 5.73 Å². The summed E-state index contributed by atoms with van der Waals surface area (Å²) in [6.07, 6.45) is 8.71. The zero-order chi connectivity index (χ0) is 12.4. The third-order valence-corrected chi connectivity index (χ3v) is 4.64. The first kappa shape index (κ1) is 11.9. The number of hydrogen-bond acceptors (Lipinski definition) is 4. The molecule has 0 radical (unpaired) electrons. The van der Waals surface area contributed by atoms with Crippen LogP contribution in [0.1, 0.15) is 35.6 Å². The summed E-state index contributed by atoms with van der Waals surface area (Å²) in [4.78, 5) is 7.09. The topological polar surface area (TPSA) is 52.0 Å². The number of hydrogen-bond donors (Lipinski definition) is 1. The molecule has 1 aliphatic rings. The van der Waals surface area contributed by atoms with Gasteiger partial charge >= 0.3 is 0 Å². The van der Waals surface area contributed by atoms with Crippen LogP contribution in [-0.4, -0.2) is 11.5 Å². The number of thiophene rings is 1. The van der Waals surface area contributed by atoms with E-state index in [0.717, 1.165) is 24.5 Å². The second kappa shape index (κ2) is 5.24. The standard InChI is InChI=1S/C14H18N2OS/c15-7-3-6-14-16-9-11(17-14)13-8-10-4-1-2-5-12(10)18-13/h8-9H,1-7,15H2. The van der Waals surface area contributed by atoms with Crippen LogP contribution in [0.2, 0.25) is 0 Å². The van der Waals surface area contributed by atoms with Crippen molar-refractivity contribution in [2.75, 3.05) is 6.54 Å². The number of oxazole rings is 1. The minimum Gasteiger partial charge on any atom is -0.440 e. The zero-order valence-electron chi connectivity index (χ0n) is 10.4. The zero-order valence-corrected chi connectivity index (χ0v) is 11.3. The van der Waals surface area contributed by atoms with Gasteiger partial charge in [0.1, 0.15) is 0 Å². The van der Waals surface area contributed by atoms with E-state index < -0.39 is 0 Å². The summed E-state index contributed by atoms with van der Waals surface area (Å²) in [5.41, 5.74) is 7.01. The highest BCUT2D eigenvalue weighted by atomic mass is 32.1. The van der Waals surface area contributed by atoms with Gasteiger partial charge in [0.15, 0.2) is 11.7 Å². The van der Waals surface area contributed by atoms with Crippen LogP contribution in [0.25, 0.3) is 10.6 Å². The highest BCUT2D eigenvalue weighted by Crippen LogP contribution is 2.35. The maximum absolute atomic E-state index is 5.79. The predicted molar refractivity (Wildman–Crippen MR) is 73.8 cm³/mol. The highest BCUT2D eigenvalue weighted by molar-refractivity contribution is 7.15. The van der Waals surface area contributed by atoms with Crippen LogP contribution in [0.5, 0.6) is 0 Å². The Morgan fingerprint density at radius 1 is 1.33 bits per heavy atom. The van der Waals surface area contributed by atoms with Gasteiger partial charge in [-0.05, 0) is 50.3 Å². The van der Waals surface area contributed by atoms with Crippen LogP contribution in [0, 0.1) is 0 Å². The van der Waals surface area contributed by atoms with Gasteiger partial charge in [-0.2, -0.15) is 0 Å². The molecule has 18 heavy (non-hydrogen) atoms. The molecule has 0 saturated heterocycles. The van der Waals surface area contributed by atoms with Gasteiger partial charge in [-0.25, -0.2) is 4.98 Å². The Kier molecular flexibility index (Phi) is 3.48. The first-order chi connectivity index (χ1) is 8.86. The second-order valence-corrected chi connectivity index (χ2v) is 5.91. The van der Waals surface area contributed by atoms with E-state index in [1.54, 1.807) is 0 Å². The molecule has 2 heterocycles. The fraction of sp³-hybridized carbons (Fsp3) is 0.500. The summed E-state index contributed by atoms with van der Waals surface area (Å²) in [7, 11) is 0. The molecule has 0 bridgehead atoms. The molecule has 0 aliphatic heterocycles. The summed E-state index contributed by atoms with van der Waals surface area (Å²) >= 11 is 1.87. The van der Waals surface area contributed by atoms with E-state index in [1.165, 1.54) is 41.0 Å². The minimum atomic E-state index is 0.686. The second-order valence-electron chi connectivity index (χ2n) is 4.78. The molecule has 2 aromatic heterocycles. The number of nitrogens with zero attached hydrogens (tertiary/aromatic N) is 1. The van der Waals surface area contributed by atoms with E-state index in [0.29, 0.717) is 6.54 Å². The maximum Gasteiger partial charge on any atom is 0.194 e. The van der Waals surface area contributed by atoms with E-state index in [1.807, 2.05) is 17.5 Å². The van der Waals surface area contributed by atoms with E-state index in [9.17, 15) is 0 Å². The number of nitrogens with two attached hydrogens (primary N) is 1. The average Bonchev–Trinajstić information content (AvgIpc) is 3.02. The first-order valence-electron chi connectivity index (χ1n) is 6.63. The monoisotopic (exact) mass is 262 g/mol. The van der Waals surface area contributed by atoms with Gasteiger partial charge < -0.3 is 10.2 Å². The van der Waals surface area contributed by atoms with Crippen LogP contribution < -0.4 is 5.73 Å². The Morgan fingerprint density at radius 3 is 3.06 bits per heavy atom. The molecule has 4 heteroatoms. The average molecular weight is 262 g/mol. The molecule has 0 atom stereocenters. The molecule has 3 rings (SSSR count). The lowest BCUT2D eigenvalue weighted by atomic mass is 9.99. The Labute approximate surface area is 111 Å². The number of aryl methyl sites for hydroxylation is 3. The van der Waals surface area contributed by atoms with Crippen molar-refractivity contribution >= 4 is 11.3 Å². The molecule has 1 aliphatic carbocycles. The van der Waals surface area contributed by atoms with Gasteiger partial charge in [-0.3, -0.25) is 0 Å². The van der Waals surface area contributed by atoms with Crippen LogP contribution in [0.4, 0.5) is 0 Å². The molecule has 2 aromatic rings. The molecule has 0 spiro atoms. The summed E-state index contributed by atoms with van der Waals surface area (Å²) in [5.74, 6) is 1.73. The van der Waals surface area contributed by atoms with E-state index >= 15 is 0 Å². The van der Waals surface area contributed by atoms with E-state index in [-0.39, 0.29) is 0 Å². The van der Waals surface area contributed by atoms with Crippen molar-refractivity contribution in [2.45, 2.75) is 38.5 Å². The van der Waals surface area contributed by atoms with E-state index in [2.05, 4.69) is 11.1 Å². The van der Waals surface area contributed by atoms with Gasteiger partial charge in [0.05, 0.1) is 11.1 Å². The number of rotatable bonds is 4. The van der Waals surface area contributed by atoms with Crippen LogP contribution in [0.3, 0.4) is 0 Å². The summed E-state index contributed by atoms with van der Waals surface area (Å²) in [5, 5.41) is 0. The summed E-state index contributed by atoms with van der Waals surface area (Å²) in [6.45, 7) is 0.686. The third kappa shape index (κ3) is 2.35. The van der Waals surface area contributed by atoms with Crippen molar-refractivity contribution < 1.29 is 4.42 Å². The van der Waals surface area contributed by atoms with E-state index in [4.69, 9.17) is 10.2 Å². The van der Waals surface area contributed by atoms with Crippen LogP contribution >= 0.6 is 11.3 Å². The third-order valence-electron chi connectivity index (χ3n) is 3.39. The maximum atomic E-state index is 5.79. The van der Waals surface area contributed by atoms with Crippen molar-refractivity contribution in [3.8, 4) is 10.6 Å². The quantitative estimate of drug-likeness (QED) is 0.920. The molecule has 0 aromatic carbocycles. The Hall–Kier alpha value is -1.13. The van der Waals surface area contributed by atoms with Crippen molar-refractivity contribution in [3.05, 3.63) is 28.6 Å². The largest absolute Gasteiger partial charge is 0.440 e. The predicted octanol–water partition coefficient (Wildman–Crippen LogP) is 3.17. The fourth-order valence-corrected chi connectivity index (χ4v) is 3.61. The molecule has 0 fully saturated rings. The lowest BCUT2D eigenvalue weighted by Gasteiger charge is -2.08. The number of fused-ring (bicyclic) bond motifs is 1. The summed E-state index contributed by atoms with van der Waals surface area (Å²) in [6, 6.07) is 2.28. The molecule has 0 amide bonds. The molecule has 96 valence electrons. The Balaban J connectivity index is 1.81. The van der Waals surface area contributed by atoms with Crippen molar-refractivity contribution in [1.82, 2.24) is 4.98 Å². The molecule has 0 unspecified atom stereocenters. The van der Waals surface area contributed by atoms with Gasteiger partial charge in [-0.15, -0.1) is 11.3 Å². The minimum absolute atomic E-state index is 0.686. The Bertz CT molecular complexity index is 506.